The van der Waals surface area contributed by atoms with E-state index in [-0.39, 0.29) is 18.5 Å². The number of amides is 1. The SMILES string of the molecule is CCCC/C=C\C/C=C\CCCCCCCC(=O)OCCCCCCCCCCCCCC/C=C\CCCCCCCCCCCC(=O)NC(CO)C(O)CCCCCCCCCCCCCCCCCCC. The summed E-state index contributed by atoms with van der Waals surface area (Å²) in [5.41, 5.74) is 0. The quantitative estimate of drug-likeness (QED) is 0.0320. The standard InChI is InChI=1S/C67H127NO5/c1-3-5-7-9-11-13-15-17-19-29-32-35-39-43-47-51-55-59-65(70)64(63-69)68-66(71)60-56-52-48-44-40-36-33-30-27-25-23-21-20-22-24-26-28-31-34-38-42-46-50-54-58-62-73-67(72)61-57-53-49-45-41-37-18-16-14-12-10-8-6-4-2/h10,12,16,18,21,23,64-65,69-70H,3-9,11,13-15,17,19-20,22,24-63H2,1-2H3,(H,68,71)/b12-10-,18-16-,23-21-. The van der Waals surface area contributed by atoms with E-state index < -0.39 is 12.1 Å². The maximum atomic E-state index is 12.5. The molecule has 0 heterocycles. The van der Waals surface area contributed by atoms with Gasteiger partial charge in [-0.15, -0.1) is 0 Å². The molecule has 3 N–H and O–H groups in total. The molecular weight excluding hydrogens is 899 g/mol. The molecule has 0 aliphatic heterocycles. The van der Waals surface area contributed by atoms with Crippen LogP contribution in [0.15, 0.2) is 36.5 Å². The number of unbranched alkanes of at least 4 members (excludes halogenated alkanes) is 44. The number of allylic oxidation sites excluding steroid dienone is 6. The molecule has 0 saturated carbocycles. The summed E-state index contributed by atoms with van der Waals surface area (Å²) in [6.07, 6.45) is 78.8. The van der Waals surface area contributed by atoms with E-state index in [4.69, 9.17) is 4.74 Å². The molecule has 0 bridgehead atoms. The van der Waals surface area contributed by atoms with Crippen LogP contribution >= 0.6 is 0 Å². The van der Waals surface area contributed by atoms with Gasteiger partial charge in [0.1, 0.15) is 0 Å². The Morgan fingerprint density at radius 2 is 0.699 bits per heavy atom. The summed E-state index contributed by atoms with van der Waals surface area (Å²) in [4.78, 5) is 24.6. The lowest BCUT2D eigenvalue weighted by Gasteiger charge is -2.22. The topological polar surface area (TPSA) is 95.9 Å². The third-order valence-electron chi connectivity index (χ3n) is 15.2. The first-order valence-electron chi connectivity index (χ1n) is 32.7. The Bertz CT molecular complexity index is 1180. The number of hydrogen-bond acceptors (Lipinski definition) is 5. The van der Waals surface area contributed by atoms with Crippen LogP contribution in [0.2, 0.25) is 0 Å². The number of rotatable bonds is 61. The van der Waals surface area contributed by atoms with Crippen molar-refractivity contribution in [2.24, 2.45) is 0 Å². The van der Waals surface area contributed by atoms with Crippen molar-refractivity contribution in [3.63, 3.8) is 0 Å². The van der Waals surface area contributed by atoms with Gasteiger partial charge in [0.05, 0.1) is 25.4 Å². The van der Waals surface area contributed by atoms with Crippen LogP contribution in [-0.4, -0.2) is 47.4 Å². The van der Waals surface area contributed by atoms with Crippen LogP contribution < -0.4 is 5.32 Å². The van der Waals surface area contributed by atoms with Crippen LogP contribution in [0.5, 0.6) is 0 Å². The van der Waals surface area contributed by atoms with Crippen molar-refractivity contribution >= 4 is 11.9 Å². The van der Waals surface area contributed by atoms with Crippen molar-refractivity contribution < 1.29 is 24.5 Å². The fourth-order valence-electron chi connectivity index (χ4n) is 10.1. The third-order valence-corrected chi connectivity index (χ3v) is 15.2. The molecule has 430 valence electrons. The molecule has 0 spiro atoms. The number of nitrogens with one attached hydrogen (secondary N) is 1. The molecule has 6 heteroatoms. The summed E-state index contributed by atoms with van der Waals surface area (Å²) in [6.45, 7) is 4.93. The van der Waals surface area contributed by atoms with Crippen LogP contribution in [0.4, 0.5) is 0 Å². The molecule has 0 aliphatic carbocycles. The van der Waals surface area contributed by atoms with Crippen LogP contribution in [0.1, 0.15) is 354 Å². The molecule has 0 aromatic rings. The highest BCUT2D eigenvalue weighted by molar-refractivity contribution is 5.76. The minimum atomic E-state index is -0.667. The zero-order valence-electron chi connectivity index (χ0n) is 49.1. The number of esters is 1. The fraction of sp³-hybridized carbons (Fsp3) is 0.881. The maximum absolute atomic E-state index is 12.5. The van der Waals surface area contributed by atoms with Crippen molar-refractivity contribution in [2.75, 3.05) is 13.2 Å². The van der Waals surface area contributed by atoms with Crippen molar-refractivity contribution in [3.05, 3.63) is 36.5 Å². The van der Waals surface area contributed by atoms with E-state index in [1.165, 1.54) is 270 Å². The normalized spacial score (nSPS) is 12.8. The third kappa shape index (κ3) is 59.2. The van der Waals surface area contributed by atoms with Gasteiger partial charge in [-0.2, -0.15) is 0 Å². The van der Waals surface area contributed by atoms with Crippen molar-refractivity contribution in [1.29, 1.82) is 0 Å². The molecule has 0 aliphatic rings. The second kappa shape index (κ2) is 62.6. The number of hydrogen-bond donors (Lipinski definition) is 3. The lowest BCUT2D eigenvalue weighted by Crippen LogP contribution is -2.45. The highest BCUT2D eigenvalue weighted by Crippen LogP contribution is 2.18. The Kier molecular flexibility index (Phi) is 61.0. The number of carbonyl (C=O) groups is 2. The molecule has 0 saturated heterocycles. The van der Waals surface area contributed by atoms with Gasteiger partial charge in [-0.05, 0) is 77.0 Å². The lowest BCUT2D eigenvalue weighted by atomic mass is 10.0. The monoisotopic (exact) mass is 1030 g/mol. The Morgan fingerprint density at radius 1 is 0.384 bits per heavy atom. The zero-order chi connectivity index (χ0) is 52.9. The predicted molar refractivity (Wildman–Crippen MR) is 319 cm³/mol. The van der Waals surface area contributed by atoms with Crippen molar-refractivity contribution in [1.82, 2.24) is 5.32 Å². The molecular formula is C67H127NO5. The van der Waals surface area contributed by atoms with Crippen LogP contribution in [0, 0.1) is 0 Å². The molecule has 1 amide bonds. The molecule has 0 aromatic heterocycles. The Morgan fingerprint density at radius 3 is 1.10 bits per heavy atom. The average Bonchev–Trinajstić information content (AvgIpc) is 3.39. The summed E-state index contributed by atoms with van der Waals surface area (Å²) in [6, 6.07) is -0.544. The van der Waals surface area contributed by atoms with Crippen molar-refractivity contribution in [3.8, 4) is 0 Å². The van der Waals surface area contributed by atoms with Crippen LogP contribution in [0.25, 0.3) is 0 Å². The van der Waals surface area contributed by atoms with Crippen LogP contribution in [0.3, 0.4) is 0 Å². The van der Waals surface area contributed by atoms with Crippen molar-refractivity contribution in [2.45, 2.75) is 366 Å². The minimum Gasteiger partial charge on any atom is -0.466 e. The van der Waals surface area contributed by atoms with E-state index in [1.807, 2.05) is 0 Å². The maximum Gasteiger partial charge on any atom is 0.305 e. The molecule has 2 unspecified atom stereocenters. The second-order valence-corrected chi connectivity index (χ2v) is 22.4. The largest absolute Gasteiger partial charge is 0.466 e. The van der Waals surface area contributed by atoms with Gasteiger partial charge in [0.25, 0.3) is 0 Å². The summed E-state index contributed by atoms with van der Waals surface area (Å²) in [7, 11) is 0. The number of carbonyl (C=O) groups excluding carboxylic acids is 2. The fourth-order valence-corrected chi connectivity index (χ4v) is 10.1. The highest BCUT2D eigenvalue weighted by atomic mass is 16.5. The van der Waals surface area contributed by atoms with Gasteiger partial charge in [0, 0.05) is 12.8 Å². The Balaban J connectivity index is 3.40. The zero-order valence-corrected chi connectivity index (χ0v) is 49.1. The molecule has 0 aromatic carbocycles. The van der Waals surface area contributed by atoms with E-state index in [0.29, 0.717) is 25.9 Å². The van der Waals surface area contributed by atoms with E-state index in [9.17, 15) is 19.8 Å². The molecule has 73 heavy (non-hydrogen) atoms. The van der Waals surface area contributed by atoms with Gasteiger partial charge in [-0.3, -0.25) is 9.59 Å². The smallest absolute Gasteiger partial charge is 0.305 e. The van der Waals surface area contributed by atoms with Crippen LogP contribution in [-0.2, 0) is 14.3 Å². The van der Waals surface area contributed by atoms with E-state index in [1.54, 1.807) is 0 Å². The lowest BCUT2D eigenvalue weighted by molar-refractivity contribution is -0.143. The average molecular weight is 1030 g/mol. The number of aliphatic hydroxyl groups is 2. The summed E-state index contributed by atoms with van der Waals surface area (Å²) >= 11 is 0. The minimum absolute atomic E-state index is 0.000980. The first kappa shape index (κ1) is 71.1. The number of aliphatic hydroxyl groups excluding tert-OH is 2. The van der Waals surface area contributed by atoms with E-state index in [0.717, 1.165) is 51.4 Å². The molecule has 0 fully saturated rings. The second-order valence-electron chi connectivity index (χ2n) is 22.4. The predicted octanol–water partition coefficient (Wildman–Crippen LogP) is 20.8. The molecule has 2 atom stereocenters. The molecule has 0 rings (SSSR count). The van der Waals surface area contributed by atoms with Gasteiger partial charge >= 0.3 is 5.97 Å². The molecule has 0 radical (unpaired) electrons. The van der Waals surface area contributed by atoms with Gasteiger partial charge < -0.3 is 20.3 Å². The first-order valence-corrected chi connectivity index (χ1v) is 32.7. The Hall–Kier alpha value is -1.92. The summed E-state index contributed by atoms with van der Waals surface area (Å²) < 4.78 is 5.47. The van der Waals surface area contributed by atoms with E-state index >= 15 is 0 Å². The van der Waals surface area contributed by atoms with Gasteiger partial charge in [-0.1, -0.05) is 301 Å². The van der Waals surface area contributed by atoms with E-state index in [2.05, 4.69) is 55.6 Å². The van der Waals surface area contributed by atoms with Gasteiger partial charge in [-0.25, -0.2) is 0 Å². The molecule has 6 nitrogen and oxygen atoms in total. The summed E-state index contributed by atoms with van der Waals surface area (Å²) in [5, 5.41) is 23.3. The Labute approximate surface area is 455 Å². The summed E-state index contributed by atoms with van der Waals surface area (Å²) in [5.74, 6) is -0.0367. The van der Waals surface area contributed by atoms with Gasteiger partial charge in [0.2, 0.25) is 5.91 Å². The number of ether oxygens (including phenoxy) is 1. The van der Waals surface area contributed by atoms with Gasteiger partial charge in [0.15, 0.2) is 0 Å². The highest BCUT2D eigenvalue weighted by Gasteiger charge is 2.20. The first-order chi connectivity index (χ1) is 36.0.